The van der Waals surface area contributed by atoms with Crippen molar-refractivity contribution < 1.29 is 4.74 Å². The fourth-order valence-corrected chi connectivity index (χ4v) is 3.78. The number of aryl methyl sites for hydroxylation is 1. The summed E-state index contributed by atoms with van der Waals surface area (Å²) in [6.07, 6.45) is 2.25. The van der Waals surface area contributed by atoms with Crippen LogP contribution in [-0.2, 0) is 11.2 Å². The Bertz CT molecular complexity index is 642. The van der Waals surface area contributed by atoms with Crippen molar-refractivity contribution in [1.29, 1.82) is 0 Å². The Labute approximate surface area is 129 Å². The normalized spacial score (nSPS) is 22.9. The van der Waals surface area contributed by atoms with Gasteiger partial charge in [0.05, 0.1) is 24.1 Å². The molecule has 1 saturated heterocycles. The number of aromatic nitrogens is 2. The summed E-state index contributed by atoms with van der Waals surface area (Å²) in [5, 5.41) is 1.12. The number of nitrogens with two attached hydrogens (primary N) is 1. The molecule has 5 nitrogen and oxygen atoms in total. The molecule has 2 atom stereocenters. The van der Waals surface area contributed by atoms with E-state index in [-0.39, 0.29) is 6.10 Å². The molecule has 114 valence electrons. The van der Waals surface area contributed by atoms with E-state index < -0.39 is 0 Å². The van der Waals surface area contributed by atoms with Crippen LogP contribution in [0.2, 0.25) is 0 Å². The van der Waals surface area contributed by atoms with Crippen LogP contribution in [0.5, 0.6) is 0 Å². The van der Waals surface area contributed by atoms with Crippen LogP contribution in [0.15, 0.2) is 6.07 Å². The van der Waals surface area contributed by atoms with E-state index in [1.54, 1.807) is 11.3 Å². The van der Waals surface area contributed by atoms with E-state index >= 15 is 0 Å². The zero-order chi connectivity index (χ0) is 15.0. The topological polar surface area (TPSA) is 64.3 Å². The van der Waals surface area contributed by atoms with Gasteiger partial charge in [0.15, 0.2) is 0 Å². The van der Waals surface area contributed by atoms with Crippen molar-refractivity contribution in [1.82, 2.24) is 9.97 Å². The fraction of sp³-hybridized carbons (Fsp3) is 0.600. The highest BCUT2D eigenvalue weighted by Gasteiger charge is 2.28. The Balaban J connectivity index is 2.10. The summed E-state index contributed by atoms with van der Waals surface area (Å²) in [4.78, 5) is 13.6. The first kappa shape index (κ1) is 14.5. The lowest BCUT2D eigenvalue weighted by Crippen LogP contribution is -2.49. The van der Waals surface area contributed by atoms with Gasteiger partial charge in [0.1, 0.15) is 10.6 Å². The lowest BCUT2D eigenvalue weighted by Gasteiger charge is -2.39. The summed E-state index contributed by atoms with van der Waals surface area (Å²) in [6, 6.07) is 2.56. The third-order valence-electron chi connectivity index (χ3n) is 4.00. The summed E-state index contributed by atoms with van der Waals surface area (Å²) in [7, 11) is 0. The monoisotopic (exact) mass is 306 g/mol. The van der Waals surface area contributed by atoms with Gasteiger partial charge in [-0.1, -0.05) is 13.8 Å². The quantitative estimate of drug-likeness (QED) is 0.944. The average molecular weight is 306 g/mol. The van der Waals surface area contributed by atoms with E-state index in [1.165, 1.54) is 4.88 Å². The van der Waals surface area contributed by atoms with Crippen LogP contribution >= 0.6 is 11.3 Å². The highest BCUT2D eigenvalue weighted by molar-refractivity contribution is 7.18. The minimum Gasteiger partial charge on any atom is -0.375 e. The standard InChI is InChI=1S/C15H22N4OS/c1-4-10-8-20-9(3)7-19(10)13-12-6-11(5-2)21-14(12)18-15(16)17-13/h6,9-10H,4-5,7-8H2,1-3H3,(H2,16,17,18). The molecule has 3 rings (SSSR count). The van der Waals surface area contributed by atoms with E-state index in [1.807, 2.05) is 0 Å². The molecule has 1 aliphatic rings. The maximum atomic E-state index is 5.93. The van der Waals surface area contributed by atoms with Crippen LogP contribution in [-0.4, -0.2) is 35.3 Å². The van der Waals surface area contributed by atoms with E-state index in [4.69, 9.17) is 10.5 Å². The lowest BCUT2D eigenvalue weighted by molar-refractivity contribution is 0.0297. The predicted molar refractivity (Wildman–Crippen MR) is 88.0 cm³/mol. The van der Waals surface area contributed by atoms with Crippen molar-refractivity contribution >= 4 is 33.3 Å². The fourth-order valence-electron chi connectivity index (χ4n) is 2.81. The molecule has 21 heavy (non-hydrogen) atoms. The molecule has 1 fully saturated rings. The van der Waals surface area contributed by atoms with Crippen molar-refractivity contribution in [2.45, 2.75) is 45.8 Å². The van der Waals surface area contributed by atoms with Crippen molar-refractivity contribution in [3.63, 3.8) is 0 Å². The number of rotatable bonds is 3. The van der Waals surface area contributed by atoms with E-state index in [0.29, 0.717) is 12.0 Å². The van der Waals surface area contributed by atoms with Crippen LogP contribution < -0.4 is 10.6 Å². The SMILES string of the molecule is CCc1cc2c(N3CC(C)OCC3CC)nc(N)nc2s1. The minimum atomic E-state index is 0.211. The second-order valence-corrected chi connectivity index (χ2v) is 6.66. The molecule has 0 aliphatic carbocycles. The van der Waals surface area contributed by atoms with Gasteiger partial charge in [-0.15, -0.1) is 11.3 Å². The summed E-state index contributed by atoms with van der Waals surface area (Å²) in [5.41, 5.74) is 5.93. The maximum absolute atomic E-state index is 5.93. The Kier molecular flexibility index (Phi) is 3.99. The summed E-state index contributed by atoms with van der Waals surface area (Å²) in [6.45, 7) is 8.04. The van der Waals surface area contributed by atoms with Crippen LogP contribution in [0.3, 0.4) is 0 Å². The van der Waals surface area contributed by atoms with Crippen molar-refractivity contribution in [2.24, 2.45) is 0 Å². The van der Waals surface area contributed by atoms with Gasteiger partial charge >= 0.3 is 0 Å². The Morgan fingerprint density at radius 3 is 2.95 bits per heavy atom. The Morgan fingerprint density at radius 1 is 1.43 bits per heavy atom. The highest BCUT2D eigenvalue weighted by atomic mass is 32.1. The molecule has 2 aromatic rings. The number of morpholine rings is 1. The molecule has 1 aliphatic heterocycles. The van der Waals surface area contributed by atoms with Crippen molar-refractivity contribution in [3.05, 3.63) is 10.9 Å². The molecule has 2 unspecified atom stereocenters. The van der Waals surface area contributed by atoms with E-state index in [0.717, 1.165) is 42.0 Å². The summed E-state index contributed by atoms with van der Waals surface area (Å²) < 4.78 is 5.79. The molecule has 0 saturated carbocycles. The molecule has 0 amide bonds. The van der Waals surface area contributed by atoms with Crippen LogP contribution in [0.1, 0.15) is 32.1 Å². The van der Waals surface area contributed by atoms with Gasteiger partial charge in [0.2, 0.25) is 5.95 Å². The Morgan fingerprint density at radius 2 is 2.24 bits per heavy atom. The first-order chi connectivity index (χ1) is 10.1. The third kappa shape index (κ3) is 2.70. The summed E-state index contributed by atoms with van der Waals surface area (Å²) in [5.74, 6) is 1.33. The van der Waals surface area contributed by atoms with Gasteiger partial charge in [0.25, 0.3) is 0 Å². The largest absolute Gasteiger partial charge is 0.375 e. The molecule has 2 N–H and O–H groups in total. The number of ether oxygens (including phenoxy) is 1. The molecule has 0 bridgehead atoms. The number of hydrogen-bond acceptors (Lipinski definition) is 6. The number of anilines is 2. The molecule has 3 heterocycles. The summed E-state index contributed by atoms with van der Waals surface area (Å²) >= 11 is 1.71. The third-order valence-corrected chi connectivity index (χ3v) is 5.17. The van der Waals surface area contributed by atoms with Crippen LogP contribution in [0, 0.1) is 0 Å². The highest BCUT2D eigenvalue weighted by Crippen LogP contribution is 2.34. The number of thiophene rings is 1. The van der Waals surface area contributed by atoms with Crippen molar-refractivity contribution in [2.75, 3.05) is 23.8 Å². The molecular formula is C15H22N4OS. The Hall–Kier alpha value is -1.40. The molecule has 6 heteroatoms. The number of nitrogens with zero attached hydrogens (tertiary/aromatic N) is 3. The predicted octanol–water partition coefficient (Wildman–Crippen LogP) is 2.84. The number of fused-ring (bicyclic) bond motifs is 1. The molecule has 2 aromatic heterocycles. The van der Waals surface area contributed by atoms with Gasteiger partial charge in [-0.25, -0.2) is 4.98 Å². The smallest absolute Gasteiger partial charge is 0.223 e. The second kappa shape index (κ2) is 5.77. The molecule has 0 spiro atoms. The molecule has 0 radical (unpaired) electrons. The average Bonchev–Trinajstić information content (AvgIpc) is 2.89. The van der Waals surface area contributed by atoms with Gasteiger partial charge in [-0.3, -0.25) is 0 Å². The number of nitrogen functional groups attached to an aromatic ring is 1. The van der Waals surface area contributed by atoms with Crippen molar-refractivity contribution in [3.8, 4) is 0 Å². The van der Waals surface area contributed by atoms with Gasteiger partial charge in [0, 0.05) is 11.4 Å². The molecule has 0 aromatic carbocycles. The first-order valence-corrected chi connectivity index (χ1v) is 8.38. The van der Waals surface area contributed by atoms with Gasteiger partial charge in [-0.2, -0.15) is 4.98 Å². The minimum absolute atomic E-state index is 0.211. The maximum Gasteiger partial charge on any atom is 0.223 e. The lowest BCUT2D eigenvalue weighted by atomic mass is 10.1. The molecular weight excluding hydrogens is 284 g/mol. The van der Waals surface area contributed by atoms with E-state index in [9.17, 15) is 0 Å². The zero-order valence-electron chi connectivity index (χ0n) is 12.8. The zero-order valence-corrected chi connectivity index (χ0v) is 13.6. The van der Waals surface area contributed by atoms with E-state index in [2.05, 4.69) is 41.7 Å². The number of hydrogen-bond donors (Lipinski definition) is 1. The van der Waals surface area contributed by atoms with Gasteiger partial charge in [-0.05, 0) is 25.8 Å². The second-order valence-electron chi connectivity index (χ2n) is 5.55. The van der Waals surface area contributed by atoms with Gasteiger partial charge < -0.3 is 15.4 Å². The first-order valence-electron chi connectivity index (χ1n) is 7.56. The van der Waals surface area contributed by atoms with Crippen LogP contribution in [0.25, 0.3) is 10.2 Å². The van der Waals surface area contributed by atoms with Crippen LogP contribution in [0.4, 0.5) is 11.8 Å².